The first kappa shape index (κ1) is 15.9. The lowest BCUT2D eigenvalue weighted by Crippen LogP contribution is -2.38. The quantitative estimate of drug-likeness (QED) is 0.743. The van der Waals surface area contributed by atoms with Crippen molar-refractivity contribution in [2.24, 2.45) is 0 Å². The molecule has 2 rings (SSSR count). The zero-order valence-electron chi connectivity index (χ0n) is 12.9. The van der Waals surface area contributed by atoms with Gasteiger partial charge in [-0.2, -0.15) is 11.8 Å². The number of hydrogen-bond acceptors (Lipinski definition) is 4. The van der Waals surface area contributed by atoms with E-state index in [0.29, 0.717) is 0 Å². The van der Waals surface area contributed by atoms with Crippen molar-refractivity contribution in [2.45, 2.75) is 50.9 Å². The summed E-state index contributed by atoms with van der Waals surface area (Å²) in [5, 5.41) is 3.48. The lowest BCUT2D eigenvalue weighted by atomic mass is 10.0. The Bertz CT molecular complexity index is 380. The molecule has 4 heteroatoms. The SMILES string of the molecule is CSCc1ccc(CNCCCN2CCCCC2C)o1. The molecule has 0 aliphatic carbocycles. The van der Waals surface area contributed by atoms with Crippen LogP contribution in [0.2, 0.25) is 0 Å². The lowest BCUT2D eigenvalue weighted by Gasteiger charge is -2.33. The molecule has 114 valence electrons. The van der Waals surface area contributed by atoms with Crippen molar-refractivity contribution in [2.75, 3.05) is 25.9 Å². The summed E-state index contributed by atoms with van der Waals surface area (Å²) in [5.74, 6) is 3.10. The van der Waals surface area contributed by atoms with Crippen LogP contribution in [0, 0.1) is 0 Å². The molecule has 3 nitrogen and oxygen atoms in total. The van der Waals surface area contributed by atoms with Gasteiger partial charge in [-0.3, -0.25) is 0 Å². The Kier molecular flexibility index (Phi) is 6.97. The molecule has 20 heavy (non-hydrogen) atoms. The average molecular weight is 296 g/mol. The molecule has 0 amide bonds. The minimum Gasteiger partial charge on any atom is -0.464 e. The summed E-state index contributed by atoms with van der Waals surface area (Å²) in [6.07, 6.45) is 7.48. The first-order valence-electron chi connectivity index (χ1n) is 7.81. The highest BCUT2D eigenvalue weighted by Crippen LogP contribution is 2.16. The van der Waals surface area contributed by atoms with Crippen LogP contribution in [0.4, 0.5) is 0 Å². The van der Waals surface area contributed by atoms with Crippen LogP contribution < -0.4 is 5.32 Å². The smallest absolute Gasteiger partial charge is 0.117 e. The number of thioether (sulfide) groups is 1. The van der Waals surface area contributed by atoms with E-state index in [0.717, 1.165) is 36.4 Å². The molecule has 0 saturated carbocycles. The van der Waals surface area contributed by atoms with Gasteiger partial charge in [-0.25, -0.2) is 0 Å². The normalized spacial score (nSPS) is 20.4. The van der Waals surface area contributed by atoms with Gasteiger partial charge in [-0.15, -0.1) is 0 Å². The maximum Gasteiger partial charge on any atom is 0.117 e. The van der Waals surface area contributed by atoms with Gasteiger partial charge in [-0.05, 0) is 64.2 Å². The Morgan fingerprint density at radius 2 is 2.20 bits per heavy atom. The highest BCUT2D eigenvalue weighted by atomic mass is 32.2. The summed E-state index contributed by atoms with van der Waals surface area (Å²) >= 11 is 1.80. The van der Waals surface area contributed by atoms with E-state index >= 15 is 0 Å². The first-order valence-corrected chi connectivity index (χ1v) is 9.20. The van der Waals surface area contributed by atoms with Crippen molar-refractivity contribution in [1.29, 1.82) is 0 Å². The van der Waals surface area contributed by atoms with E-state index < -0.39 is 0 Å². The summed E-state index contributed by atoms with van der Waals surface area (Å²) in [5.41, 5.74) is 0. The number of likely N-dealkylation sites (tertiary alicyclic amines) is 1. The molecular formula is C16H28N2OS. The summed E-state index contributed by atoms with van der Waals surface area (Å²) in [4.78, 5) is 2.63. The van der Waals surface area contributed by atoms with Crippen LogP contribution in [0.5, 0.6) is 0 Å². The third-order valence-corrected chi connectivity index (χ3v) is 4.62. The molecule has 1 aromatic heterocycles. The van der Waals surface area contributed by atoms with E-state index in [1.165, 1.54) is 38.8 Å². The van der Waals surface area contributed by atoms with Crippen LogP contribution in [-0.2, 0) is 12.3 Å². The Balaban J connectivity index is 1.56. The molecular weight excluding hydrogens is 268 g/mol. The largest absolute Gasteiger partial charge is 0.464 e. The van der Waals surface area contributed by atoms with E-state index in [1.807, 2.05) is 0 Å². The molecule has 0 radical (unpaired) electrons. The maximum atomic E-state index is 5.74. The standard InChI is InChI=1S/C16H28N2OS/c1-14-6-3-4-10-18(14)11-5-9-17-12-15-7-8-16(19-15)13-20-2/h7-8,14,17H,3-6,9-13H2,1-2H3. The number of rotatable bonds is 8. The van der Waals surface area contributed by atoms with E-state index in [2.05, 4.69) is 35.5 Å². The van der Waals surface area contributed by atoms with Gasteiger partial charge in [0.05, 0.1) is 12.3 Å². The molecule has 1 aromatic rings. The molecule has 1 fully saturated rings. The molecule has 0 spiro atoms. The summed E-state index contributed by atoms with van der Waals surface area (Å²) in [7, 11) is 0. The van der Waals surface area contributed by atoms with E-state index in [4.69, 9.17) is 4.42 Å². The Labute approximate surface area is 127 Å². The predicted molar refractivity (Wildman–Crippen MR) is 87.1 cm³/mol. The number of piperidine rings is 1. The van der Waals surface area contributed by atoms with Crippen molar-refractivity contribution in [1.82, 2.24) is 10.2 Å². The van der Waals surface area contributed by atoms with E-state index in [9.17, 15) is 0 Å². The Morgan fingerprint density at radius 3 is 3.00 bits per heavy atom. The van der Waals surface area contributed by atoms with Gasteiger partial charge in [0.15, 0.2) is 0 Å². The van der Waals surface area contributed by atoms with Crippen molar-refractivity contribution in [3.05, 3.63) is 23.7 Å². The second-order valence-corrected chi connectivity index (χ2v) is 6.58. The van der Waals surface area contributed by atoms with Crippen LogP contribution in [-0.4, -0.2) is 36.8 Å². The molecule has 1 saturated heterocycles. The zero-order chi connectivity index (χ0) is 14.2. The third kappa shape index (κ3) is 5.15. The number of nitrogens with one attached hydrogen (secondary N) is 1. The summed E-state index contributed by atoms with van der Waals surface area (Å²) in [6.45, 7) is 6.80. The van der Waals surface area contributed by atoms with Crippen LogP contribution in [0.25, 0.3) is 0 Å². The summed E-state index contributed by atoms with van der Waals surface area (Å²) in [6, 6.07) is 4.96. The van der Waals surface area contributed by atoms with Crippen molar-refractivity contribution in [3.63, 3.8) is 0 Å². The minimum atomic E-state index is 0.780. The maximum absolute atomic E-state index is 5.74. The Morgan fingerprint density at radius 1 is 1.35 bits per heavy atom. The van der Waals surface area contributed by atoms with Crippen molar-refractivity contribution < 1.29 is 4.42 Å². The van der Waals surface area contributed by atoms with Crippen LogP contribution >= 0.6 is 11.8 Å². The van der Waals surface area contributed by atoms with Gasteiger partial charge in [0, 0.05) is 6.04 Å². The van der Waals surface area contributed by atoms with Crippen LogP contribution in [0.15, 0.2) is 16.5 Å². The molecule has 1 atom stereocenters. The molecule has 1 aliphatic heterocycles. The average Bonchev–Trinajstić information content (AvgIpc) is 2.88. The molecule has 1 N–H and O–H groups in total. The predicted octanol–water partition coefficient (Wildman–Crippen LogP) is 3.50. The van der Waals surface area contributed by atoms with Gasteiger partial charge < -0.3 is 14.6 Å². The van der Waals surface area contributed by atoms with Crippen molar-refractivity contribution >= 4 is 11.8 Å². The number of nitrogens with zero attached hydrogens (tertiary/aromatic N) is 1. The number of furan rings is 1. The van der Waals surface area contributed by atoms with Crippen LogP contribution in [0.1, 0.15) is 44.1 Å². The monoisotopic (exact) mass is 296 g/mol. The minimum absolute atomic E-state index is 0.780. The molecule has 1 aliphatic rings. The molecule has 0 aromatic carbocycles. The fraction of sp³-hybridized carbons (Fsp3) is 0.750. The lowest BCUT2D eigenvalue weighted by molar-refractivity contribution is 0.159. The van der Waals surface area contributed by atoms with Gasteiger partial charge in [0.1, 0.15) is 11.5 Å². The van der Waals surface area contributed by atoms with Crippen molar-refractivity contribution in [3.8, 4) is 0 Å². The van der Waals surface area contributed by atoms with Gasteiger partial charge >= 0.3 is 0 Å². The summed E-state index contributed by atoms with van der Waals surface area (Å²) < 4.78 is 5.74. The first-order chi connectivity index (χ1) is 9.79. The highest BCUT2D eigenvalue weighted by Gasteiger charge is 2.16. The van der Waals surface area contributed by atoms with E-state index in [-0.39, 0.29) is 0 Å². The topological polar surface area (TPSA) is 28.4 Å². The molecule has 0 bridgehead atoms. The van der Waals surface area contributed by atoms with Gasteiger partial charge in [-0.1, -0.05) is 6.42 Å². The third-order valence-electron chi connectivity index (χ3n) is 4.04. The van der Waals surface area contributed by atoms with Gasteiger partial charge in [0.25, 0.3) is 0 Å². The van der Waals surface area contributed by atoms with E-state index in [1.54, 1.807) is 11.8 Å². The second kappa shape index (κ2) is 8.75. The molecule has 2 heterocycles. The highest BCUT2D eigenvalue weighted by molar-refractivity contribution is 7.97. The Hall–Kier alpha value is -0.450. The van der Waals surface area contributed by atoms with Crippen LogP contribution in [0.3, 0.4) is 0 Å². The number of hydrogen-bond donors (Lipinski definition) is 1. The fourth-order valence-corrected chi connectivity index (χ4v) is 3.29. The van der Waals surface area contributed by atoms with Gasteiger partial charge in [0.2, 0.25) is 0 Å². The fourth-order valence-electron chi connectivity index (χ4n) is 2.85. The zero-order valence-corrected chi connectivity index (χ0v) is 13.7. The molecule has 1 unspecified atom stereocenters. The second-order valence-electron chi connectivity index (χ2n) is 5.71.